The van der Waals surface area contributed by atoms with E-state index < -0.39 is 10.0 Å². The summed E-state index contributed by atoms with van der Waals surface area (Å²) in [5.41, 5.74) is 0. The van der Waals surface area contributed by atoms with E-state index in [1.165, 1.54) is 19.3 Å². The zero-order chi connectivity index (χ0) is 13.2. The van der Waals surface area contributed by atoms with Gasteiger partial charge in [-0.15, -0.1) is 0 Å². The first kappa shape index (κ1) is 14.2. The van der Waals surface area contributed by atoms with Gasteiger partial charge in [-0.25, -0.2) is 13.1 Å². The highest BCUT2D eigenvalue weighted by molar-refractivity contribution is 7.89. The van der Waals surface area contributed by atoms with Gasteiger partial charge in [0, 0.05) is 24.7 Å². The SMILES string of the molecule is CN1C2CCCC1CC(NS(=O)(=O)CCCO)C2. The summed E-state index contributed by atoms with van der Waals surface area (Å²) < 4.78 is 26.5. The lowest BCUT2D eigenvalue weighted by molar-refractivity contribution is 0.0536. The van der Waals surface area contributed by atoms with Crippen molar-refractivity contribution < 1.29 is 13.5 Å². The molecule has 2 heterocycles. The fourth-order valence-corrected chi connectivity index (χ4v) is 4.61. The third-order valence-corrected chi connectivity index (χ3v) is 5.78. The maximum Gasteiger partial charge on any atom is 0.211 e. The van der Waals surface area contributed by atoms with Crippen LogP contribution in [0.5, 0.6) is 0 Å². The molecule has 0 aromatic carbocycles. The Bertz CT molecular complexity index is 358. The summed E-state index contributed by atoms with van der Waals surface area (Å²) in [4.78, 5) is 2.42. The van der Waals surface area contributed by atoms with Gasteiger partial charge in [0.05, 0.1) is 5.75 Å². The zero-order valence-electron chi connectivity index (χ0n) is 11.0. The van der Waals surface area contributed by atoms with Crippen molar-refractivity contribution in [3.8, 4) is 0 Å². The fraction of sp³-hybridized carbons (Fsp3) is 1.00. The lowest BCUT2D eigenvalue weighted by atomic mass is 9.83. The molecule has 2 N–H and O–H groups in total. The number of nitrogens with zero attached hydrogens (tertiary/aromatic N) is 1. The highest BCUT2D eigenvalue weighted by Gasteiger charge is 2.37. The second kappa shape index (κ2) is 5.86. The maximum absolute atomic E-state index is 11.8. The molecular formula is C12H24N2O3S. The molecule has 2 fully saturated rings. The van der Waals surface area contributed by atoms with E-state index in [2.05, 4.69) is 16.7 Å². The summed E-state index contributed by atoms with van der Waals surface area (Å²) in [7, 11) is -1.06. The Morgan fingerprint density at radius 3 is 2.44 bits per heavy atom. The third-order valence-electron chi connectivity index (χ3n) is 4.26. The Morgan fingerprint density at radius 1 is 1.28 bits per heavy atom. The van der Waals surface area contributed by atoms with E-state index >= 15 is 0 Å². The van der Waals surface area contributed by atoms with Crippen LogP contribution in [-0.4, -0.2) is 56.0 Å². The van der Waals surface area contributed by atoms with Gasteiger partial charge in [-0.05, 0) is 39.2 Å². The van der Waals surface area contributed by atoms with E-state index in [9.17, 15) is 8.42 Å². The van der Waals surface area contributed by atoms with Crippen molar-refractivity contribution in [2.75, 3.05) is 19.4 Å². The number of sulfonamides is 1. The van der Waals surface area contributed by atoms with Gasteiger partial charge < -0.3 is 10.0 Å². The molecule has 0 saturated carbocycles. The van der Waals surface area contributed by atoms with E-state index in [0.29, 0.717) is 18.5 Å². The maximum atomic E-state index is 11.8. The Morgan fingerprint density at radius 2 is 1.89 bits per heavy atom. The van der Waals surface area contributed by atoms with Gasteiger partial charge in [-0.3, -0.25) is 0 Å². The molecule has 2 aliphatic heterocycles. The van der Waals surface area contributed by atoms with Gasteiger partial charge in [-0.1, -0.05) is 6.42 Å². The molecule has 2 bridgehead atoms. The van der Waals surface area contributed by atoms with Crippen molar-refractivity contribution >= 4 is 10.0 Å². The Balaban J connectivity index is 1.91. The number of hydrogen-bond acceptors (Lipinski definition) is 4. The van der Waals surface area contributed by atoms with E-state index in [1.54, 1.807) is 0 Å². The summed E-state index contributed by atoms with van der Waals surface area (Å²) in [6.45, 7) is -0.0699. The van der Waals surface area contributed by atoms with Crippen molar-refractivity contribution in [1.82, 2.24) is 9.62 Å². The quantitative estimate of drug-likeness (QED) is 0.758. The molecule has 2 unspecified atom stereocenters. The number of fused-ring (bicyclic) bond motifs is 2. The summed E-state index contributed by atoms with van der Waals surface area (Å²) in [6.07, 6.45) is 5.79. The minimum atomic E-state index is -3.22. The third kappa shape index (κ3) is 3.44. The Kier molecular flexibility index (Phi) is 4.64. The predicted octanol–water partition coefficient (Wildman–Crippen LogP) is 0.304. The van der Waals surface area contributed by atoms with Crippen molar-refractivity contribution in [2.24, 2.45) is 0 Å². The topological polar surface area (TPSA) is 69.6 Å². The molecule has 6 heteroatoms. The molecule has 0 amide bonds. The van der Waals surface area contributed by atoms with Crippen molar-refractivity contribution in [3.63, 3.8) is 0 Å². The van der Waals surface area contributed by atoms with Gasteiger partial charge in [-0.2, -0.15) is 0 Å². The molecule has 2 atom stereocenters. The normalized spacial score (nSPS) is 33.6. The molecular weight excluding hydrogens is 252 g/mol. The monoisotopic (exact) mass is 276 g/mol. The van der Waals surface area contributed by atoms with Crippen LogP contribution in [0.2, 0.25) is 0 Å². The molecule has 2 saturated heterocycles. The lowest BCUT2D eigenvalue weighted by Gasteiger charge is -2.47. The van der Waals surface area contributed by atoms with E-state index in [0.717, 1.165) is 12.8 Å². The minimum Gasteiger partial charge on any atom is -0.396 e. The smallest absolute Gasteiger partial charge is 0.211 e. The van der Waals surface area contributed by atoms with Gasteiger partial charge in [0.2, 0.25) is 10.0 Å². The number of nitrogens with one attached hydrogen (secondary N) is 1. The van der Waals surface area contributed by atoms with Crippen LogP contribution >= 0.6 is 0 Å². The number of aliphatic hydroxyl groups is 1. The summed E-state index contributed by atoms with van der Waals surface area (Å²) in [5, 5.41) is 8.70. The molecule has 18 heavy (non-hydrogen) atoms. The molecule has 0 spiro atoms. The van der Waals surface area contributed by atoms with Crippen LogP contribution in [0.1, 0.15) is 38.5 Å². The summed E-state index contributed by atoms with van der Waals surface area (Å²) in [5.74, 6) is 0.0329. The van der Waals surface area contributed by atoms with Crippen LogP contribution < -0.4 is 4.72 Å². The first-order valence-corrected chi connectivity index (χ1v) is 8.50. The minimum absolute atomic E-state index is 0.0329. The van der Waals surface area contributed by atoms with E-state index in [-0.39, 0.29) is 18.4 Å². The largest absolute Gasteiger partial charge is 0.396 e. The zero-order valence-corrected chi connectivity index (χ0v) is 11.8. The van der Waals surface area contributed by atoms with Crippen molar-refractivity contribution in [3.05, 3.63) is 0 Å². The average Bonchev–Trinajstić information content (AvgIpc) is 2.28. The second-order valence-electron chi connectivity index (χ2n) is 5.59. The van der Waals surface area contributed by atoms with E-state index in [1.807, 2.05) is 0 Å². The van der Waals surface area contributed by atoms with Crippen LogP contribution in [0.15, 0.2) is 0 Å². The van der Waals surface area contributed by atoms with Crippen LogP contribution in [0.25, 0.3) is 0 Å². The summed E-state index contributed by atoms with van der Waals surface area (Å²) in [6, 6.07) is 1.14. The number of hydrogen-bond donors (Lipinski definition) is 2. The first-order valence-electron chi connectivity index (χ1n) is 6.84. The Hall–Kier alpha value is -0.170. The van der Waals surface area contributed by atoms with Gasteiger partial charge in [0.1, 0.15) is 0 Å². The van der Waals surface area contributed by atoms with Gasteiger partial charge in [0.25, 0.3) is 0 Å². The number of aliphatic hydroxyl groups excluding tert-OH is 1. The predicted molar refractivity (Wildman–Crippen MR) is 70.8 cm³/mol. The van der Waals surface area contributed by atoms with Crippen LogP contribution in [0.3, 0.4) is 0 Å². The lowest BCUT2D eigenvalue weighted by Crippen LogP contribution is -2.55. The van der Waals surface area contributed by atoms with Crippen molar-refractivity contribution in [1.29, 1.82) is 0 Å². The standard InChI is InChI=1S/C12H24N2O3S/c1-14-11-4-2-5-12(14)9-10(8-11)13-18(16,17)7-3-6-15/h10-13,15H,2-9H2,1H3. The average molecular weight is 276 g/mol. The molecule has 0 aromatic rings. The van der Waals surface area contributed by atoms with Crippen LogP contribution in [0.4, 0.5) is 0 Å². The number of rotatable bonds is 5. The molecule has 0 radical (unpaired) electrons. The van der Waals surface area contributed by atoms with Gasteiger partial charge >= 0.3 is 0 Å². The van der Waals surface area contributed by atoms with E-state index in [4.69, 9.17) is 5.11 Å². The molecule has 2 aliphatic rings. The summed E-state index contributed by atoms with van der Waals surface area (Å²) >= 11 is 0. The highest BCUT2D eigenvalue weighted by Crippen LogP contribution is 2.32. The Labute approximate surface area is 110 Å². The molecule has 5 nitrogen and oxygen atoms in total. The number of piperidine rings is 2. The molecule has 0 aromatic heterocycles. The molecule has 106 valence electrons. The van der Waals surface area contributed by atoms with Crippen LogP contribution in [-0.2, 0) is 10.0 Å². The van der Waals surface area contributed by atoms with Crippen molar-refractivity contribution in [2.45, 2.75) is 56.7 Å². The molecule has 2 rings (SSSR count). The molecule has 0 aliphatic carbocycles. The fourth-order valence-electron chi connectivity index (χ4n) is 3.28. The highest BCUT2D eigenvalue weighted by atomic mass is 32.2. The van der Waals surface area contributed by atoms with Crippen LogP contribution in [0, 0.1) is 0 Å². The first-order chi connectivity index (χ1) is 8.52. The second-order valence-corrected chi connectivity index (χ2v) is 7.46. The van der Waals surface area contributed by atoms with Gasteiger partial charge in [0.15, 0.2) is 0 Å².